The molecule has 0 spiro atoms. The zero-order valence-corrected chi connectivity index (χ0v) is 65.6. The lowest BCUT2D eigenvalue weighted by Gasteiger charge is -2.39. The molecule has 0 aliphatic rings. The van der Waals surface area contributed by atoms with Gasteiger partial charge in [0.2, 0.25) is 0 Å². The van der Waals surface area contributed by atoms with Crippen LogP contribution in [0.1, 0.15) is 545 Å². The van der Waals surface area contributed by atoms with Gasteiger partial charge in [-0.3, -0.25) is 4.70 Å². The molecule has 0 unspecified atom stereocenters. The molecule has 0 heterocycles. The Morgan fingerprint density at radius 1 is 0.333 bits per heavy atom. The highest BCUT2D eigenvalue weighted by Crippen LogP contribution is 2.41. The van der Waals surface area contributed by atoms with Crippen molar-refractivity contribution in [2.75, 3.05) is 0 Å². The van der Waals surface area contributed by atoms with Crippen molar-refractivity contribution in [2.45, 2.75) is 548 Å². The molecular formula is C85H256Br2Cl2F2I2. The number of hydrogen-bond donors (Lipinski definition) is 0. The summed E-state index contributed by atoms with van der Waals surface area (Å²) in [5.74, 6) is 0. The molecule has 0 aromatic carbocycles. The quantitative estimate of drug-likeness (QED) is 0.194. The lowest BCUT2D eigenvalue weighted by molar-refractivity contribution is 0.116. The third-order valence-electron chi connectivity index (χ3n) is 5.81. The number of hydrogen-bond acceptors (Lipinski definition) is 0. The summed E-state index contributed by atoms with van der Waals surface area (Å²) in [5, 5.41) is 0. The van der Waals surface area contributed by atoms with E-state index in [-0.39, 0.29) is 252 Å². The van der Waals surface area contributed by atoms with Crippen LogP contribution in [-0.4, -0.2) is 7.46 Å². The molecule has 0 saturated heterocycles. The van der Waals surface area contributed by atoms with E-state index in [2.05, 4.69) is 224 Å². The molecule has 0 rings (SSSR count). The SMILES string of the molecule is Br.C.C.C.C.C.C.C.C.C.C.C.C.C.C.C.C.C.C.C.C.C.C.C.C.C.CC.CC.CC.CC.CC(C)(C)C.CC(C)(C)C.CC(C)(Cl)Br.CC(C)(F)I.CCC.CCC.CCC.CCC(C)(C)C.CCC(C)(C)C.CCCC.CCCCC(C)(C)C(C)(C)C.Cl.F.I.[HH].[HH].[HH]. The molecule has 0 radical (unpaired) electrons. The molecule has 0 N–H and O–H groups in total. The topological polar surface area (TPSA) is 0 Å². The summed E-state index contributed by atoms with van der Waals surface area (Å²) in [6, 6.07) is 0. The van der Waals surface area contributed by atoms with Crippen LogP contribution in [0, 0.1) is 32.5 Å². The fourth-order valence-electron chi connectivity index (χ4n) is 0.994. The van der Waals surface area contributed by atoms with Crippen LogP contribution in [0.2, 0.25) is 0 Å². The van der Waals surface area contributed by atoms with E-state index in [0.717, 1.165) is 0 Å². The van der Waals surface area contributed by atoms with Gasteiger partial charge in [0.05, 0.1) is 3.78 Å². The monoisotopic (exact) mass is 1800 g/mol. The van der Waals surface area contributed by atoms with Crippen LogP contribution in [0.3, 0.4) is 0 Å². The van der Waals surface area contributed by atoms with Crippen LogP contribution < -0.4 is 0 Å². The fourth-order valence-corrected chi connectivity index (χ4v) is 0.994. The van der Waals surface area contributed by atoms with Crippen LogP contribution in [0.4, 0.5) is 9.09 Å². The summed E-state index contributed by atoms with van der Waals surface area (Å²) >= 11 is 10.3. The number of halogens is 8. The van der Waals surface area contributed by atoms with Crippen molar-refractivity contribution in [3.8, 4) is 0 Å². The lowest BCUT2D eigenvalue weighted by Crippen LogP contribution is -2.29. The van der Waals surface area contributed by atoms with Gasteiger partial charge in [-0.25, -0.2) is 4.39 Å². The van der Waals surface area contributed by atoms with Crippen LogP contribution in [0.15, 0.2) is 0 Å². The minimum absolute atomic E-state index is 0. The average molecular weight is 1800 g/mol. The molecule has 93 heavy (non-hydrogen) atoms. The van der Waals surface area contributed by atoms with Gasteiger partial charge >= 0.3 is 0 Å². The van der Waals surface area contributed by atoms with E-state index < -0.39 is 3.68 Å². The van der Waals surface area contributed by atoms with Gasteiger partial charge in [0.25, 0.3) is 0 Å². The second kappa shape index (κ2) is 226. The largest absolute Gasteiger partial charge is 0.269 e. The van der Waals surface area contributed by atoms with E-state index in [1.165, 1.54) is 78.1 Å². The van der Waals surface area contributed by atoms with Crippen LogP contribution >= 0.6 is 103 Å². The van der Waals surface area contributed by atoms with E-state index in [0.29, 0.717) is 32.5 Å². The molecule has 0 aliphatic heterocycles. The van der Waals surface area contributed by atoms with Crippen LogP contribution in [-0.2, 0) is 0 Å². The molecule has 0 aliphatic carbocycles. The molecule has 0 amide bonds. The predicted octanol–water partition coefficient (Wildman–Crippen LogP) is 46.3. The maximum Gasteiger partial charge on any atom is 0.155 e. The first-order valence-corrected chi connectivity index (χ1v) is 29.1. The Kier molecular flexibility index (Phi) is 778. The Labute approximate surface area is 691 Å². The Bertz CT molecular complexity index is 591. The molecule has 652 valence electrons. The Morgan fingerprint density at radius 2 is 0.409 bits per heavy atom. The smallest absolute Gasteiger partial charge is 0.155 e. The zero-order chi connectivity index (χ0) is 57.1. The van der Waals surface area contributed by atoms with Crippen molar-refractivity contribution in [3.63, 3.8) is 0 Å². The fraction of sp³-hybridized carbons (Fsp3) is 1.00. The number of alkyl halides is 4. The number of unbranched alkanes of at least 4 members (excludes halogenated alkanes) is 2. The molecule has 0 atom stereocenters. The summed E-state index contributed by atoms with van der Waals surface area (Å²) in [6.45, 7) is 89.3. The van der Waals surface area contributed by atoms with Crippen molar-refractivity contribution >= 4 is 103 Å². The van der Waals surface area contributed by atoms with E-state index >= 15 is 0 Å². The van der Waals surface area contributed by atoms with Gasteiger partial charge in [0.15, 0.2) is 3.68 Å². The van der Waals surface area contributed by atoms with E-state index in [4.69, 9.17) is 11.6 Å². The van der Waals surface area contributed by atoms with Crippen molar-refractivity contribution in [1.29, 1.82) is 0 Å². The van der Waals surface area contributed by atoms with Gasteiger partial charge in [-0.2, -0.15) is 0 Å². The van der Waals surface area contributed by atoms with Gasteiger partial charge in [-0.05, 0) is 89.2 Å². The Hall–Kier alpha value is 2.86. The average Bonchev–Trinajstić information content (AvgIpc) is 3.09. The van der Waals surface area contributed by atoms with Crippen molar-refractivity contribution < 1.29 is 13.4 Å². The summed E-state index contributed by atoms with van der Waals surface area (Å²) in [5.41, 5.74) is 3.02. The van der Waals surface area contributed by atoms with E-state index in [9.17, 15) is 4.39 Å². The minimum Gasteiger partial charge on any atom is -0.269 e. The first-order chi connectivity index (χ1) is 28.1. The van der Waals surface area contributed by atoms with Crippen LogP contribution in [0.5, 0.6) is 0 Å². The highest BCUT2D eigenvalue weighted by Gasteiger charge is 2.31. The number of rotatable bonds is 4. The first kappa shape index (κ1) is 321. The first-order valence-electron chi connectivity index (χ1n) is 26.8. The molecule has 0 aromatic heterocycles. The van der Waals surface area contributed by atoms with Gasteiger partial charge in [0.1, 0.15) is 0 Å². The second-order valence-electron chi connectivity index (χ2n) is 22.8. The van der Waals surface area contributed by atoms with Crippen molar-refractivity contribution in [1.82, 2.24) is 0 Å². The highest BCUT2D eigenvalue weighted by atomic mass is 127. The summed E-state index contributed by atoms with van der Waals surface area (Å²) in [6.07, 6.45) is 13.0. The summed E-state index contributed by atoms with van der Waals surface area (Å²) in [4.78, 5) is 0. The third-order valence-corrected chi connectivity index (χ3v) is 5.81. The standard InChI is InChI=1S/C11H24.2C6H14.2C5H12.C4H10.C3H6BrCl.C3H6FI.3C3H8.4C2H6.25CH4.BrH.ClH.FH.HI.3H2/c1-7-8-9-11(5,6)10(2,3)4;2*1-5-6(2,3)4;2*1-5(2,3)4;1-3-4-2;2*1-3(2,4)5;3*1-3-2;4*1-2;;;;;;;;;;;;;;;;;;;;;;;;;;;;;;;;/h7-9H2,1-6H3;2*5H2,1-4H3;2*1-4H3;3-4H2,1-2H3;2*1-2H3;3*3H2,1-2H3;4*1-2H3;25*1H4;7*1H. The highest BCUT2D eigenvalue weighted by molar-refractivity contribution is 14.1. The predicted molar refractivity (Wildman–Crippen MR) is 545 cm³/mol. The molecular weight excluding hydrogens is 1540 g/mol. The van der Waals surface area contributed by atoms with Gasteiger partial charge in [0, 0.05) is 4.28 Å². The zero-order valence-electron chi connectivity index (χ0n) is 56.2. The molecule has 8 heteroatoms. The van der Waals surface area contributed by atoms with Gasteiger partial charge < -0.3 is 0 Å². The van der Waals surface area contributed by atoms with Crippen LogP contribution in [0.25, 0.3) is 0 Å². The van der Waals surface area contributed by atoms with Crippen molar-refractivity contribution in [2.24, 2.45) is 32.5 Å². The lowest BCUT2D eigenvalue weighted by atomic mass is 9.67. The second-order valence-corrected chi connectivity index (χ2v) is 28.8. The minimum atomic E-state index is -1.03. The maximum absolute atomic E-state index is 11.7. The molecule has 0 saturated carbocycles. The summed E-state index contributed by atoms with van der Waals surface area (Å²) < 4.78 is 10.4. The molecule has 0 fully saturated rings. The van der Waals surface area contributed by atoms with Gasteiger partial charge in [-0.1, -0.05) is 522 Å². The van der Waals surface area contributed by atoms with Gasteiger partial charge in [-0.15, -0.1) is 65.0 Å². The Morgan fingerprint density at radius 3 is 0.441 bits per heavy atom. The summed E-state index contributed by atoms with van der Waals surface area (Å²) in [7, 11) is 0. The van der Waals surface area contributed by atoms with Crippen molar-refractivity contribution in [3.05, 3.63) is 0 Å². The Balaban J connectivity index is -0.00000000593. The van der Waals surface area contributed by atoms with E-state index in [1.54, 1.807) is 22.6 Å². The maximum atomic E-state index is 11.7. The third kappa shape index (κ3) is 1440. The molecule has 0 nitrogen and oxygen atoms in total. The molecule has 0 aromatic rings. The van der Waals surface area contributed by atoms with E-state index in [1.807, 2.05) is 69.2 Å². The normalized spacial score (nSPS) is 6.90. The molecule has 0 bridgehead atoms.